The van der Waals surface area contributed by atoms with Crippen LogP contribution in [0.3, 0.4) is 0 Å². The molecule has 9 heavy (non-hydrogen) atoms. The minimum atomic E-state index is -0.415. The van der Waals surface area contributed by atoms with Crippen LogP contribution in [0.15, 0.2) is 0 Å². The van der Waals surface area contributed by atoms with Gasteiger partial charge in [-0.25, -0.2) is 0 Å². The summed E-state index contributed by atoms with van der Waals surface area (Å²) in [5.74, 6) is -0.158. The molecule has 0 aliphatic carbocycles. The van der Waals surface area contributed by atoms with Gasteiger partial charge in [0.15, 0.2) is 0 Å². The molecule has 1 fully saturated rings. The molecule has 1 saturated heterocycles. The van der Waals surface area contributed by atoms with Gasteiger partial charge in [-0.05, 0) is 6.42 Å². The van der Waals surface area contributed by atoms with E-state index >= 15 is 0 Å². The van der Waals surface area contributed by atoms with Crippen LogP contribution in [-0.4, -0.2) is 29.7 Å². The lowest BCUT2D eigenvalue weighted by Gasteiger charge is -2.01. The molecule has 1 rings (SSSR count). The Kier molecular flexibility index (Phi) is 1.68. The van der Waals surface area contributed by atoms with Crippen LogP contribution in [-0.2, 0) is 4.79 Å². The number of carbonyl (C=O) groups excluding carboxylic acids is 1. The number of hydrogen-bond donors (Lipinski definition) is 3. The molecule has 0 aromatic carbocycles. The molecule has 1 heterocycles. The Hall–Kier alpha value is -0.610. The molecular formula is C5H10N2O2. The lowest BCUT2D eigenvalue weighted by atomic mass is 10.2. The Labute approximate surface area is 53.0 Å². The molecule has 0 radical (unpaired) electrons. The molecule has 1 amide bonds. The Balaban J connectivity index is 2.44. The van der Waals surface area contributed by atoms with Crippen LogP contribution in [0.25, 0.3) is 0 Å². The highest BCUT2D eigenvalue weighted by molar-refractivity contribution is 5.84. The van der Waals surface area contributed by atoms with Crippen molar-refractivity contribution in [2.45, 2.75) is 18.5 Å². The summed E-state index contributed by atoms with van der Waals surface area (Å²) in [6.45, 7) is -0.0144. The third-order valence-corrected chi connectivity index (χ3v) is 1.44. The van der Waals surface area contributed by atoms with Crippen LogP contribution >= 0.6 is 0 Å². The van der Waals surface area contributed by atoms with Crippen molar-refractivity contribution in [2.24, 2.45) is 5.73 Å². The number of carbonyl (C=O) groups is 1. The fourth-order valence-electron chi connectivity index (χ4n) is 0.901. The minimum Gasteiger partial charge on any atom is -0.394 e. The summed E-state index contributed by atoms with van der Waals surface area (Å²) in [5, 5.41) is 11.1. The quantitative estimate of drug-likeness (QED) is 0.392. The SMILES string of the molecule is NC1C[C@H](CO)NC1=O. The zero-order chi connectivity index (χ0) is 6.85. The van der Waals surface area contributed by atoms with Crippen molar-refractivity contribution in [3.63, 3.8) is 0 Å². The van der Waals surface area contributed by atoms with Crippen molar-refractivity contribution in [2.75, 3.05) is 6.61 Å². The third-order valence-electron chi connectivity index (χ3n) is 1.44. The van der Waals surface area contributed by atoms with Gasteiger partial charge in [-0.1, -0.05) is 0 Å². The fourth-order valence-corrected chi connectivity index (χ4v) is 0.901. The molecule has 0 bridgehead atoms. The molecule has 0 aromatic rings. The van der Waals surface area contributed by atoms with Crippen molar-refractivity contribution in [1.29, 1.82) is 0 Å². The average molecular weight is 130 g/mol. The minimum absolute atomic E-state index is 0.0144. The van der Waals surface area contributed by atoms with Gasteiger partial charge in [0.25, 0.3) is 0 Å². The van der Waals surface area contributed by atoms with Gasteiger partial charge in [0.2, 0.25) is 5.91 Å². The molecule has 4 N–H and O–H groups in total. The van der Waals surface area contributed by atoms with Gasteiger partial charge in [-0.2, -0.15) is 0 Å². The molecule has 1 unspecified atom stereocenters. The normalized spacial score (nSPS) is 34.7. The van der Waals surface area contributed by atoms with Crippen LogP contribution in [0.1, 0.15) is 6.42 Å². The molecule has 4 heteroatoms. The maximum Gasteiger partial charge on any atom is 0.237 e. The predicted octanol–water partition coefficient (Wildman–Crippen LogP) is -1.81. The van der Waals surface area contributed by atoms with Crippen molar-refractivity contribution in [3.8, 4) is 0 Å². The molecule has 0 saturated carbocycles. The third kappa shape index (κ3) is 1.20. The number of hydrogen-bond acceptors (Lipinski definition) is 3. The summed E-state index contributed by atoms with van der Waals surface area (Å²) in [4.78, 5) is 10.6. The first-order chi connectivity index (χ1) is 4.24. The zero-order valence-electron chi connectivity index (χ0n) is 5.00. The van der Waals surface area contributed by atoms with Crippen LogP contribution in [0.5, 0.6) is 0 Å². The lowest BCUT2D eigenvalue weighted by Crippen LogP contribution is -2.32. The van der Waals surface area contributed by atoms with Gasteiger partial charge < -0.3 is 16.2 Å². The first-order valence-electron chi connectivity index (χ1n) is 2.91. The van der Waals surface area contributed by atoms with Crippen molar-refractivity contribution in [1.82, 2.24) is 5.32 Å². The van der Waals surface area contributed by atoms with E-state index in [9.17, 15) is 4.79 Å². The molecule has 52 valence electrons. The summed E-state index contributed by atoms with van der Waals surface area (Å²) in [7, 11) is 0. The Morgan fingerprint density at radius 1 is 1.89 bits per heavy atom. The van der Waals surface area contributed by atoms with Gasteiger partial charge in [0, 0.05) is 0 Å². The Morgan fingerprint density at radius 2 is 2.56 bits per heavy atom. The second-order valence-electron chi connectivity index (χ2n) is 2.23. The van der Waals surface area contributed by atoms with Crippen LogP contribution < -0.4 is 11.1 Å². The summed E-state index contributed by atoms with van der Waals surface area (Å²) in [6, 6.07) is -0.533. The molecule has 0 spiro atoms. The van der Waals surface area contributed by atoms with E-state index in [2.05, 4.69) is 5.32 Å². The van der Waals surface area contributed by atoms with Crippen LogP contribution in [0.2, 0.25) is 0 Å². The van der Waals surface area contributed by atoms with E-state index < -0.39 is 6.04 Å². The van der Waals surface area contributed by atoms with Gasteiger partial charge in [0.05, 0.1) is 18.7 Å². The van der Waals surface area contributed by atoms with Crippen molar-refractivity contribution >= 4 is 5.91 Å². The highest BCUT2D eigenvalue weighted by Gasteiger charge is 2.27. The highest BCUT2D eigenvalue weighted by atomic mass is 16.3. The average Bonchev–Trinajstić information content (AvgIpc) is 2.13. The number of amides is 1. The summed E-state index contributed by atoms with van der Waals surface area (Å²) in [5.41, 5.74) is 5.32. The second kappa shape index (κ2) is 2.33. The van der Waals surface area contributed by atoms with Gasteiger partial charge in [0.1, 0.15) is 0 Å². The van der Waals surface area contributed by atoms with E-state index in [0.717, 1.165) is 0 Å². The molecule has 1 aliphatic heterocycles. The largest absolute Gasteiger partial charge is 0.394 e. The van der Waals surface area contributed by atoms with Crippen LogP contribution in [0.4, 0.5) is 0 Å². The van der Waals surface area contributed by atoms with Gasteiger partial charge >= 0.3 is 0 Å². The Morgan fingerprint density at radius 3 is 2.78 bits per heavy atom. The lowest BCUT2D eigenvalue weighted by molar-refractivity contribution is -0.120. The number of rotatable bonds is 1. The summed E-state index contributed by atoms with van der Waals surface area (Å²) in [6.07, 6.45) is 0.551. The van der Waals surface area contributed by atoms with E-state index in [4.69, 9.17) is 10.8 Å². The number of aliphatic hydroxyl groups is 1. The maximum atomic E-state index is 10.6. The summed E-state index contributed by atoms with van der Waals surface area (Å²) < 4.78 is 0. The smallest absolute Gasteiger partial charge is 0.237 e. The topological polar surface area (TPSA) is 75.3 Å². The van der Waals surface area contributed by atoms with E-state index in [1.165, 1.54) is 0 Å². The van der Waals surface area contributed by atoms with E-state index in [-0.39, 0.29) is 18.6 Å². The summed E-state index contributed by atoms with van der Waals surface area (Å²) >= 11 is 0. The monoisotopic (exact) mass is 130 g/mol. The van der Waals surface area contributed by atoms with Crippen LogP contribution in [0, 0.1) is 0 Å². The molecular weight excluding hydrogens is 120 g/mol. The van der Waals surface area contributed by atoms with Crippen molar-refractivity contribution < 1.29 is 9.90 Å². The van der Waals surface area contributed by atoms with E-state index in [0.29, 0.717) is 6.42 Å². The predicted molar refractivity (Wildman–Crippen MR) is 31.6 cm³/mol. The van der Waals surface area contributed by atoms with Gasteiger partial charge in [-0.3, -0.25) is 4.79 Å². The molecule has 1 aliphatic rings. The number of aliphatic hydroxyl groups excluding tert-OH is 1. The highest BCUT2D eigenvalue weighted by Crippen LogP contribution is 2.03. The maximum absolute atomic E-state index is 10.6. The molecule has 4 nitrogen and oxygen atoms in total. The van der Waals surface area contributed by atoms with Gasteiger partial charge in [-0.15, -0.1) is 0 Å². The zero-order valence-corrected chi connectivity index (χ0v) is 5.00. The molecule has 0 aromatic heterocycles. The number of nitrogens with one attached hydrogen (secondary N) is 1. The van der Waals surface area contributed by atoms with E-state index in [1.54, 1.807) is 0 Å². The Bertz CT molecular complexity index is 126. The van der Waals surface area contributed by atoms with Crippen molar-refractivity contribution in [3.05, 3.63) is 0 Å². The standard InChI is InChI=1S/C5H10N2O2/c6-4-1-3(2-8)7-5(4)9/h3-4,8H,1-2,6H2,(H,7,9)/t3-,4?/m1/s1. The second-order valence-corrected chi connectivity index (χ2v) is 2.23. The fraction of sp³-hybridized carbons (Fsp3) is 0.800. The molecule has 2 atom stereocenters. The first kappa shape index (κ1) is 6.51. The first-order valence-corrected chi connectivity index (χ1v) is 2.91. The number of nitrogens with two attached hydrogens (primary N) is 1. The van der Waals surface area contributed by atoms with E-state index in [1.807, 2.05) is 0 Å².